The van der Waals surface area contributed by atoms with Crippen molar-refractivity contribution in [1.82, 2.24) is 0 Å². The van der Waals surface area contributed by atoms with Crippen LogP contribution >= 0.6 is 0 Å². The van der Waals surface area contributed by atoms with Crippen LogP contribution in [0.25, 0.3) is 22.8 Å². The highest BCUT2D eigenvalue weighted by molar-refractivity contribution is 5.86. The predicted molar refractivity (Wildman–Crippen MR) is 110 cm³/mol. The van der Waals surface area contributed by atoms with E-state index in [1.165, 1.54) is 18.2 Å². The van der Waals surface area contributed by atoms with Crippen molar-refractivity contribution in [3.05, 3.63) is 87.5 Å². The van der Waals surface area contributed by atoms with Gasteiger partial charge < -0.3 is 4.74 Å². The molecule has 1 nitrogen and oxygen atoms in total. The molecule has 0 saturated carbocycles. The van der Waals surface area contributed by atoms with Gasteiger partial charge in [0, 0.05) is 5.56 Å². The van der Waals surface area contributed by atoms with Gasteiger partial charge in [0.25, 0.3) is 0 Å². The number of hydrogen-bond donors (Lipinski definition) is 0. The van der Waals surface area contributed by atoms with Gasteiger partial charge in [-0.05, 0) is 77.4 Å². The van der Waals surface area contributed by atoms with Crippen molar-refractivity contribution in [2.75, 3.05) is 0 Å². The highest BCUT2D eigenvalue weighted by Gasteiger charge is 2.34. The SMILES string of the molecule is CCc1cc(F)c(C2=Cc3cc(F)c(-c4cc(F)c(OC(F)(F)F)c(F)c4)c(F)c3CC2)c(F)c1. The average molecular weight is 502 g/mol. The van der Waals surface area contributed by atoms with Gasteiger partial charge in [-0.1, -0.05) is 13.0 Å². The maximum absolute atomic E-state index is 15.2. The van der Waals surface area contributed by atoms with Gasteiger partial charge in [-0.25, -0.2) is 26.3 Å². The van der Waals surface area contributed by atoms with Crippen molar-refractivity contribution in [2.45, 2.75) is 32.5 Å². The number of alkyl halides is 3. The molecule has 0 spiro atoms. The Hall–Kier alpha value is -3.43. The van der Waals surface area contributed by atoms with Gasteiger partial charge in [-0.2, -0.15) is 0 Å². The van der Waals surface area contributed by atoms with Crippen LogP contribution in [0.2, 0.25) is 0 Å². The third-order valence-corrected chi connectivity index (χ3v) is 5.66. The lowest BCUT2D eigenvalue weighted by atomic mass is 9.85. The van der Waals surface area contributed by atoms with Gasteiger partial charge in [0.1, 0.15) is 23.3 Å². The summed E-state index contributed by atoms with van der Waals surface area (Å²) in [7, 11) is 0. The predicted octanol–water partition coefficient (Wildman–Crippen LogP) is 8.14. The zero-order valence-corrected chi connectivity index (χ0v) is 17.9. The summed E-state index contributed by atoms with van der Waals surface area (Å²) in [4.78, 5) is 0. The second-order valence-corrected chi connectivity index (χ2v) is 7.89. The third kappa shape index (κ3) is 4.74. The van der Waals surface area contributed by atoms with Gasteiger partial charge in [-0.15, -0.1) is 13.2 Å². The van der Waals surface area contributed by atoms with E-state index in [1.807, 2.05) is 0 Å². The molecule has 0 bridgehead atoms. The van der Waals surface area contributed by atoms with E-state index >= 15 is 4.39 Å². The van der Waals surface area contributed by atoms with Gasteiger partial charge in [0.2, 0.25) is 5.75 Å². The van der Waals surface area contributed by atoms with Crippen LogP contribution in [0.3, 0.4) is 0 Å². The van der Waals surface area contributed by atoms with E-state index in [0.29, 0.717) is 24.1 Å². The van der Waals surface area contributed by atoms with E-state index in [1.54, 1.807) is 6.92 Å². The molecular weight excluding hydrogens is 487 g/mol. The molecule has 0 heterocycles. The normalized spacial score (nSPS) is 13.5. The Morgan fingerprint density at radius 1 is 0.743 bits per heavy atom. The van der Waals surface area contributed by atoms with Gasteiger partial charge >= 0.3 is 6.36 Å². The van der Waals surface area contributed by atoms with Crippen LogP contribution in [0.15, 0.2) is 30.3 Å². The molecule has 35 heavy (non-hydrogen) atoms. The topological polar surface area (TPSA) is 9.23 Å². The number of benzene rings is 3. The van der Waals surface area contributed by atoms with Gasteiger partial charge in [-0.3, -0.25) is 0 Å². The molecule has 0 radical (unpaired) electrons. The number of ether oxygens (including phenoxy) is 1. The van der Waals surface area contributed by atoms with Gasteiger partial charge in [0.15, 0.2) is 11.6 Å². The molecule has 0 atom stereocenters. The highest BCUT2D eigenvalue weighted by Crippen LogP contribution is 2.40. The lowest BCUT2D eigenvalue weighted by Crippen LogP contribution is -2.19. The minimum atomic E-state index is -5.38. The summed E-state index contributed by atoms with van der Waals surface area (Å²) in [6.45, 7) is 1.72. The Kier molecular flexibility index (Phi) is 6.33. The van der Waals surface area contributed by atoms with Crippen LogP contribution in [-0.4, -0.2) is 6.36 Å². The fourth-order valence-corrected chi connectivity index (χ4v) is 4.10. The fourth-order valence-electron chi connectivity index (χ4n) is 4.10. The summed E-state index contributed by atoms with van der Waals surface area (Å²) in [6, 6.07) is 3.83. The zero-order chi connectivity index (χ0) is 25.7. The molecule has 3 aromatic rings. The summed E-state index contributed by atoms with van der Waals surface area (Å²) >= 11 is 0. The number of aryl methyl sites for hydroxylation is 1. The van der Waals surface area contributed by atoms with Crippen molar-refractivity contribution < 1.29 is 44.3 Å². The van der Waals surface area contributed by atoms with E-state index in [2.05, 4.69) is 4.74 Å². The first-order valence-corrected chi connectivity index (χ1v) is 10.3. The minimum absolute atomic E-state index is 0.0185. The molecule has 4 rings (SSSR count). The first-order chi connectivity index (χ1) is 16.4. The molecule has 0 aliphatic heterocycles. The lowest BCUT2D eigenvalue weighted by Gasteiger charge is -2.21. The van der Waals surface area contributed by atoms with Crippen molar-refractivity contribution in [1.29, 1.82) is 0 Å². The second kappa shape index (κ2) is 8.98. The Balaban J connectivity index is 1.79. The van der Waals surface area contributed by atoms with Crippen LogP contribution in [0, 0.1) is 34.9 Å². The molecule has 0 saturated heterocycles. The minimum Gasteiger partial charge on any atom is -0.399 e. The summed E-state index contributed by atoms with van der Waals surface area (Å²) in [5.74, 6) is -9.48. The van der Waals surface area contributed by atoms with E-state index in [9.17, 15) is 35.1 Å². The van der Waals surface area contributed by atoms with Crippen molar-refractivity contribution in [3.8, 4) is 16.9 Å². The van der Waals surface area contributed by atoms with Crippen molar-refractivity contribution >= 4 is 11.6 Å². The molecule has 3 aromatic carbocycles. The number of fused-ring (bicyclic) bond motifs is 1. The van der Waals surface area contributed by atoms with E-state index in [4.69, 9.17) is 0 Å². The van der Waals surface area contributed by atoms with Gasteiger partial charge in [0.05, 0.1) is 5.56 Å². The number of halogens is 9. The third-order valence-electron chi connectivity index (χ3n) is 5.66. The molecule has 10 heteroatoms. The Morgan fingerprint density at radius 2 is 1.31 bits per heavy atom. The van der Waals surface area contributed by atoms with Crippen LogP contribution in [0.4, 0.5) is 39.5 Å². The monoisotopic (exact) mass is 502 g/mol. The summed E-state index contributed by atoms with van der Waals surface area (Å²) < 4.78 is 128. The number of rotatable bonds is 4. The molecule has 1 aliphatic carbocycles. The Bertz CT molecular complexity index is 1310. The van der Waals surface area contributed by atoms with E-state index in [0.717, 1.165) is 6.07 Å². The standard InChI is InChI=1S/C25H15F9O/c1-2-11-5-16(26)21(17(27)6-11)12-3-4-15-13(7-12)8-18(28)22(23(15)31)14-9-19(29)24(20(30)10-14)35-25(32,33)34/h5-10H,2-4H2,1H3. The smallest absolute Gasteiger partial charge is 0.399 e. The number of allylic oxidation sites excluding steroid dienone is 1. The molecule has 0 aromatic heterocycles. The summed E-state index contributed by atoms with van der Waals surface area (Å²) in [5, 5.41) is 0. The first-order valence-electron chi connectivity index (χ1n) is 10.3. The maximum atomic E-state index is 15.2. The van der Waals surface area contributed by atoms with Crippen molar-refractivity contribution in [2.24, 2.45) is 0 Å². The quantitative estimate of drug-likeness (QED) is 0.327. The molecule has 0 N–H and O–H groups in total. The second-order valence-electron chi connectivity index (χ2n) is 7.89. The summed E-state index contributed by atoms with van der Waals surface area (Å²) in [6.07, 6.45) is -3.89. The van der Waals surface area contributed by atoms with Crippen LogP contribution in [0.1, 0.15) is 35.6 Å². The van der Waals surface area contributed by atoms with Crippen LogP contribution in [-0.2, 0) is 12.8 Å². The Labute approximate surface area is 193 Å². The van der Waals surface area contributed by atoms with Crippen molar-refractivity contribution in [3.63, 3.8) is 0 Å². The lowest BCUT2D eigenvalue weighted by molar-refractivity contribution is -0.276. The van der Waals surface area contributed by atoms with E-state index in [-0.39, 0.29) is 35.1 Å². The fraction of sp³-hybridized carbons (Fsp3) is 0.200. The van der Waals surface area contributed by atoms with Crippen LogP contribution in [0.5, 0.6) is 5.75 Å². The van der Waals surface area contributed by atoms with Crippen LogP contribution < -0.4 is 4.74 Å². The van der Waals surface area contributed by atoms with E-state index < -0.39 is 58.1 Å². The molecule has 184 valence electrons. The maximum Gasteiger partial charge on any atom is 0.573 e. The highest BCUT2D eigenvalue weighted by atomic mass is 19.4. The summed E-state index contributed by atoms with van der Waals surface area (Å²) in [5.41, 5.74) is -1.35. The first kappa shape index (κ1) is 24.7. The average Bonchev–Trinajstić information content (AvgIpc) is 2.75. The zero-order valence-electron chi connectivity index (χ0n) is 17.9. The molecule has 0 amide bonds. The molecule has 1 aliphatic rings. The number of hydrogen-bond acceptors (Lipinski definition) is 1. The molecular formula is C25H15F9O. The molecule has 0 fully saturated rings. The molecule has 0 unspecified atom stereocenters. The Morgan fingerprint density at radius 3 is 1.86 bits per heavy atom. The largest absolute Gasteiger partial charge is 0.573 e.